The molecule has 0 unspecified atom stereocenters. The summed E-state index contributed by atoms with van der Waals surface area (Å²) < 4.78 is 2.57. The highest BCUT2D eigenvalue weighted by Crippen LogP contribution is 2.69. The Kier molecular flexibility index (Phi) is 11.2. The van der Waals surface area contributed by atoms with E-state index >= 15 is 0 Å². The molecule has 0 N–H and O–H groups in total. The van der Waals surface area contributed by atoms with E-state index < -0.39 is 16.2 Å². The van der Waals surface area contributed by atoms with Crippen molar-refractivity contribution >= 4 is 79.0 Å². The summed E-state index contributed by atoms with van der Waals surface area (Å²) in [7, 11) is 0. The van der Waals surface area contributed by atoms with Crippen molar-refractivity contribution in [1.82, 2.24) is 4.57 Å². The fourth-order valence-corrected chi connectivity index (χ4v) is 22.9. The number of para-hydroxylation sites is 2. The lowest BCUT2D eigenvalue weighted by Gasteiger charge is -2.46. The SMILES string of the molecule is c1ccc(-c2ccc(N3c4cc(-n5c6ccccc6c6ccccc65)cc5c4B(c4cc6c(cc4N5c4cccc5c4-c4ccccc4C54c5ccccc5-c5ccccc54)-c4ccccc4C64c5ccccc5-c5ccccc54)c4c3ccc3c4-c4ccccc4C34c3ccccc3-c3ccccc34)cc2)cc1. The van der Waals surface area contributed by atoms with Gasteiger partial charge in [0, 0.05) is 44.8 Å². The first-order valence-electron chi connectivity index (χ1n) is 38.4. The summed E-state index contributed by atoms with van der Waals surface area (Å²) in [6, 6.07) is 146. The summed E-state index contributed by atoms with van der Waals surface area (Å²) in [5, 5.41) is 2.44. The Hall–Kier alpha value is -13.8. The van der Waals surface area contributed by atoms with Crippen molar-refractivity contribution < 1.29 is 0 Å². The lowest BCUT2D eigenvalue weighted by molar-refractivity contribution is 0.793. The summed E-state index contributed by atoms with van der Waals surface area (Å²) in [6.45, 7) is -0.328. The second kappa shape index (κ2) is 20.8. The van der Waals surface area contributed by atoms with Gasteiger partial charge >= 0.3 is 0 Å². The van der Waals surface area contributed by atoms with Crippen molar-refractivity contribution in [3.63, 3.8) is 0 Å². The maximum atomic E-state index is 2.79. The van der Waals surface area contributed by atoms with Gasteiger partial charge in [-0.2, -0.15) is 0 Å². The Morgan fingerprint density at radius 3 is 1.07 bits per heavy atom. The van der Waals surface area contributed by atoms with Crippen molar-refractivity contribution in [3.05, 3.63) is 443 Å². The van der Waals surface area contributed by atoms with E-state index in [-0.39, 0.29) is 6.71 Å². The molecule has 1 aromatic heterocycles. The first kappa shape index (κ1) is 58.5. The van der Waals surface area contributed by atoms with Crippen molar-refractivity contribution in [2.45, 2.75) is 16.2 Å². The Bertz CT molecular complexity index is 6960. The predicted octanol–water partition coefficient (Wildman–Crippen LogP) is 23.6. The van der Waals surface area contributed by atoms with Crippen LogP contribution in [0.3, 0.4) is 0 Å². The Labute approximate surface area is 631 Å². The van der Waals surface area contributed by atoms with Gasteiger partial charge in [-0.15, -0.1) is 0 Å². The summed E-state index contributed by atoms with van der Waals surface area (Å²) in [5.74, 6) is 0. The molecule has 3 heterocycles. The van der Waals surface area contributed by atoms with Crippen LogP contribution in [-0.4, -0.2) is 11.3 Å². The number of aromatic nitrogens is 1. The second-order valence-electron chi connectivity index (χ2n) is 31.0. The highest BCUT2D eigenvalue weighted by molar-refractivity contribution is 7.01. The van der Waals surface area contributed by atoms with Gasteiger partial charge in [-0.25, -0.2) is 0 Å². The van der Waals surface area contributed by atoms with Crippen LogP contribution in [-0.2, 0) is 16.2 Å². The minimum absolute atomic E-state index is 0.328. The standard InChI is InChI=1S/C105H62BN3/c1-2-27-63(28-3-1)64-53-55-65(56-54-64)107-95-58-57-89-100(77-39-12-23-48-87(77)104(89)81-42-17-6-31-69(81)70-32-7-18-43-82(70)104)102(95)106-91-62-90-78(73-35-10-21-46-85(73)105(90)83-44-19-8-33-71(83)72-34-9-20-45-84(72)105)61-96(91)109(98-60-66(59-97(107)101(98)106)108-92-50-24-13-36-74(92)75-37-14-25-51-93(75)108)94-52-26-49-88-99(94)76-38-11-22-47-86(76)103(88)79-40-15-4-29-67(79)68-30-5-16-41-80(68)103/h1-62H. The zero-order valence-electron chi connectivity index (χ0n) is 59.2. The van der Waals surface area contributed by atoms with Gasteiger partial charge in [-0.05, 0) is 210 Å². The monoisotopic (exact) mass is 1380 g/mol. The van der Waals surface area contributed by atoms with E-state index in [9.17, 15) is 0 Å². The minimum Gasteiger partial charge on any atom is -0.311 e. The molecule has 8 aliphatic rings. The van der Waals surface area contributed by atoms with Gasteiger partial charge in [0.15, 0.2) is 0 Å². The molecule has 109 heavy (non-hydrogen) atoms. The van der Waals surface area contributed by atoms with E-state index in [4.69, 9.17) is 0 Å². The van der Waals surface area contributed by atoms with Gasteiger partial charge in [0.1, 0.15) is 0 Å². The largest absolute Gasteiger partial charge is 0.311 e. The fourth-order valence-electron chi connectivity index (χ4n) is 22.9. The molecule has 0 amide bonds. The van der Waals surface area contributed by atoms with Crippen molar-refractivity contribution in [2.24, 2.45) is 0 Å². The van der Waals surface area contributed by atoms with Gasteiger partial charge in [-0.1, -0.05) is 322 Å². The second-order valence-corrected chi connectivity index (χ2v) is 31.0. The number of anilines is 6. The highest BCUT2D eigenvalue weighted by Gasteiger charge is 2.59. The van der Waals surface area contributed by atoms with Gasteiger partial charge in [0.25, 0.3) is 6.71 Å². The number of hydrogen-bond acceptors (Lipinski definition) is 2. The number of benzene rings is 17. The van der Waals surface area contributed by atoms with Gasteiger partial charge in [0.2, 0.25) is 0 Å². The average Bonchev–Trinajstić information content (AvgIpc) is 1.53. The predicted molar refractivity (Wildman–Crippen MR) is 449 cm³/mol. The van der Waals surface area contributed by atoms with E-state index in [0.717, 1.165) is 39.5 Å². The van der Waals surface area contributed by atoms with Crippen LogP contribution in [0.1, 0.15) is 66.8 Å². The molecule has 18 aromatic rings. The fraction of sp³-hybridized carbons (Fsp3) is 0.0286. The average molecular weight is 1380 g/mol. The summed E-state index contributed by atoms with van der Waals surface area (Å²) >= 11 is 0. The maximum absolute atomic E-state index is 2.79. The topological polar surface area (TPSA) is 11.4 Å². The maximum Gasteiger partial charge on any atom is 0.252 e. The van der Waals surface area contributed by atoms with Crippen LogP contribution < -0.4 is 26.2 Å². The number of fused-ring (bicyclic) bond motifs is 38. The van der Waals surface area contributed by atoms with Crippen LogP contribution in [0.5, 0.6) is 0 Å². The zero-order chi connectivity index (χ0) is 70.7. The first-order valence-corrected chi connectivity index (χ1v) is 38.4. The van der Waals surface area contributed by atoms with E-state index in [2.05, 4.69) is 390 Å². The van der Waals surface area contributed by atoms with E-state index in [1.807, 2.05) is 0 Å². The summed E-state index contributed by atoms with van der Waals surface area (Å²) in [4.78, 5) is 5.47. The van der Waals surface area contributed by atoms with Crippen LogP contribution in [0.4, 0.5) is 34.1 Å². The normalized spacial score (nSPS) is 15.0. The quantitative estimate of drug-likeness (QED) is 0.163. The Morgan fingerprint density at radius 1 is 0.202 bits per heavy atom. The van der Waals surface area contributed by atoms with Crippen molar-refractivity contribution in [3.8, 4) is 83.6 Å². The summed E-state index contributed by atoms with van der Waals surface area (Å²) in [5.41, 5.74) is 45.9. The molecular formula is C105H62BN3. The zero-order valence-corrected chi connectivity index (χ0v) is 59.2. The van der Waals surface area contributed by atoms with E-state index in [1.165, 1.54) is 183 Å². The molecule has 3 spiro atoms. The molecule has 0 fully saturated rings. The van der Waals surface area contributed by atoms with E-state index in [0.29, 0.717) is 0 Å². The van der Waals surface area contributed by atoms with Gasteiger partial charge in [-0.3, -0.25) is 0 Å². The molecule has 500 valence electrons. The Morgan fingerprint density at radius 2 is 0.578 bits per heavy atom. The third kappa shape index (κ3) is 6.92. The van der Waals surface area contributed by atoms with Crippen molar-refractivity contribution in [2.75, 3.05) is 9.80 Å². The van der Waals surface area contributed by atoms with Crippen LogP contribution in [0.25, 0.3) is 105 Å². The van der Waals surface area contributed by atoms with Gasteiger partial charge < -0.3 is 14.4 Å². The van der Waals surface area contributed by atoms with Crippen LogP contribution >= 0.6 is 0 Å². The van der Waals surface area contributed by atoms with Crippen molar-refractivity contribution in [1.29, 1.82) is 0 Å². The number of hydrogen-bond donors (Lipinski definition) is 0. The lowest BCUT2D eigenvalue weighted by Crippen LogP contribution is -2.62. The Balaban J connectivity index is 0.860. The third-order valence-corrected chi connectivity index (χ3v) is 26.6. The number of rotatable bonds is 4. The summed E-state index contributed by atoms with van der Waals surface area (Å²) in [6.07, 6.45) is 0. The molecule has 0 atom stereocenters. The smallest absolute Gasteiger partial charge is 0.252 e. The molecule has 2 aliphatic heterocycles. The molecule has 0 saturated heterocycles. The molecule has 0 saturated carbocycles. The first-order chi connectivity index (χ1) is 54.1. The number of nitrogens with zero attached hydrogens (tertiary/aromatic N) is 3. The molecule has 0 bridgehead atoms. The molecule has 3 nitrogen and oxygen atoms in total. The van der Waals surface area contributed by atoms with Crippen LogP contribution in [0, 0.1) is 0 Å². The van der Waals surface area contributed by atoms with E-state index in [1.54, 1.807) is 0 Å². The van der Waals surface area contributed by atoms with Crippen LogP contribution in [0.2, 0.25) is 0 Å². The molecule has 4 heteroatoms. The molecule has 0 radical (unpaired) electrons. The minimum atomic E-state index is -0.637. The lowest BCUT2D eigenvalue weighted by atomic mass is 9.32. The molecule has 26 rings (SSSR count). The van der Waals surface area contributed by atoms with Gasteiger partial charge in [0.05, 0.1) is 38.7 Å². The molecule has 6 aliphatic carbocycles. The molecule has 17 aromatic carbocycles. The van der Waals surface area contributed by atoms with Crippen LogP contribution in [0.15, 0.2) is 376 Å². The third-order valence-electron chi connectivity index (χ3n) is 26.6. The highest BCUT2D eigenvalue weighted by atomic mass is 15.2. The molecular weight excluding hydrogens is 1310 g/mol.